The molecule has 0 radical (unpaired) electrons. The zero-order valence-corrected chi connectivity index (χ0v) is 19.6. The molecular weight excluding hydrogens is 426 g/mol. The number of nitrogens with one attached hydrogen (secondary N) is 2. The third kappa shape index (κ3) is 5.09. The van der Waals surface area contributed by atoms with Gasteiger partial charge in [-0.1, -0.05) is 48.5 Å². The zero-order chi connectivity index (χ0) is 23.3. The highest BCUT2D eigenvalue weighted by atomic mass is 16.2. The highest BCUT2D eigenvalue weighted by Gasteiger charge is 2.24. The van der Waals surface area contributed by atoms with E-state index in [1.165, 1.54) is 16.5 Å². The van der Waals surface area contributed by atoms with E-state index in [1.54, 1.807) is 0 Å². The van der Waals surface area contributed by atoms with E-state index in [0.29, 0.717) is 32.5 Å². The molecule has 1 aromatic heterocycles. The van der Waals surface area contributed by atoms with Crippen LogP contribution in [0.3, 0.4) is 0 Å². The summed E-state index contributed by atoms with van der Waals surface area (Å²) in [5.41, 5.74) is 4.90. The largest absolute Gasteiger partial charge is 0.357 e. The second kappa shape index (κ2) is 10.3. The normalized spacial score (nSPS) is 16.5. The Morgan fingerprint density at radius 1 is 0.882 bits per heavy atom. The minimum Gasteiger partial charge on any atom is -0.357 e. The fourth-order valence-corrected chi connectivity index (χ4v) is 5.07. The van der Waals surface area contributed by atoms with Crippen LogP contribution in [0.15, 0.2) is 54.6 Å². The minimum absolute atomic E-state index is 0.0497. The Kier molecular flexibility index (Phi) is 6.81. The van der Waals surface area contributed by atoms with Gasteiger partial charge in [0.15, 0.2) is 0 Å². The highest BCUT2D eigenvalue weighted by Crippen LogP contribution is 2.27. The van der Waals surface area contributed by atoms with E-state index in [4.69, 9.17) is 0 Å². The molecule has 2 N–H and O–H groups in total. The number of benzene rings is 2. The van der Waals surface area contributed by atoms with Crippen LogP contribution >= 0.6 is 0 Å². The Hall–Kier alpha value is -3.32. The summed E-state index contributed by atoms with van der Waals surface area (Å²) in [6.07, 6.45) is 2.01. The molecule has 1 fully saturated rings. The first-order chi connectivity index (χ1) is 16.7. The summed E-state index contributed by atoms with van der Waals surface area (Å²) in [5.74, 6) is 0.189. The average molecular weight is 460 g/mol. The summed E-state index contributed by atoms with van der Waals surface area (Å²) >= 11 is 0. The zero-order valence-electron chi connectivity index (χ0n) is 19.6. The Bertz CT molecular complexity index is 1130. The van der Waals surface area contributed by atoms with Crippen LogP contribution in [0.5, 0.6) is 0 Å². The molecule has 7 nitrogen and oxygen atoms in total. The predicted octanol–water partition coefficient (Wildman–Crippen LogP) is 3.36. The molecule has 2 aliphatic heterocycles. The molecule has 7 heteroatoms. The van der Waals surface area contributed by atoms with Crippen LogP contribution in [0, 0.1) is 0 Å². The molecule has 1 saturated heterocycles. The number of amides is 3. The Balaban J connectivity index is 1.01. The van der Waals surface area contributed by atoms with Gasteiger partial charge in [0, 0.05) is 68.8 Å². The first-order valence-electron chi connectivity index (χ1n) is 12.3. The number of H-pyrrole nitrogens is 1. The van der Waals surface area contributed by atoms with E-state index in [1.807, 2.05) is 21.9 Å². The molecule has 0 atom stereocenters. The molecule has 2 aliphatic rings. The number of nitrogens with zero attached hydrogens (tertiary/aromatic N) is 3. The van der Waals surface area contributed by atoms with E-state index < -0.39 is 0 Å². The van der Waals surface area contributed by atoms with Crippen molar-refractivity contribution in [2.75, 3.05) is 39.3 Å². The number of piperazine rings is 1. The van der Waals surface area contributed by atoms with Gasteiger partial charge in [0.05, 0.1) is 6.54 Å². The number of para-hydroxylation sites is 1. The smallest absolute Gasteiger partial charge is 0.317 e. The van der Waals surface area contributed by atoms with Crippen LogP contribution < -0.4 is 5.32 Å². The Morgan fingerprint density at radius 3 is 2.47 bits per heavy atom. The van der Waals surface area contributed by atoms with Gasteiger partial charge >= 0.3 is 6.03 Å². The first-order valence-corrected chi connectivity index (χ1v) is 12.3. The van der Waals surface area contributed by atoms with Crippen molar-refractivity contribution in [3.05, 3.63) is 71.4 Å². The molecule has 0 unspecified atom stereocenters. The van der Waals surface area contributed by atoms with E-state index >= 15 is 0 Å². The molecule has 3 aromatic rings. The lowest BCUT2D eigenvalue weighted by atomic mass is 10.0. The fraction of sp³-hybridized carbons (Fsp3) is 0.407. The van der Waals surface area contributed by atoms with Crippen LogP contribution in [-0.4, -0.2) is 70.9 Å². The molecule has 2 aromatic carbocycles. The lowest BCUT2D eigenvalue weighted by Gasteiger charge is -2.35. The van der Waals surface area contributed by atoms with Gasteiger partial charge in [-0.25, -0.2) is 4.79 Å². The standard InChI is InChI=1S/C27H33N5O2/c33-26(31-17-15-30(16-18-31)19-21-7-2-1-3-8-21)11-6-13-28-27(34)32-14-12-23-22-9-4-5-10-24(22)29-25(23)20-32/h1-5,7-10,29H,6,11-20H2,(H,28,34). The second-order valence-corrected chi connectivity index (χ2v) is 9.28. The van der Waals surface area contributed by atoms with Gasteiger partial charge in [-0.05, 0) is 30.0 Å². The molecule has 3 heterocycles. The number of hydrogen-bond donors (Lipinski definition) is 2. The number of carbonyl (C=O) groups excluding carboxylic acids is 2. The van der Waals surface area contributed by atoms with E-state index in [2.05, 4.69) is 57.7 Å². The molecule has 0 bridgehead atoms. The van der Waals surface area contributed by atoms with Crippen LogP contribution in [0.2, 0.25) is 0 Å². The van der Waals surface area contributed by atoms with Crippen LogP contribution in [0.1, 0.15) is 29.7 Å². The topological polar surface area (TPSA) is 71.7 Å². The summed E-state index contributed by atoms with van der Waals surface area (Å²) in [4.78, 5) is 34.9. The number of aromatic nitrogens is 1. The molecule has 5 rings (SSSR count). The Labute approximate surface area is 200 Å². The van der Waals surface area contributed by atoms with Crippen molar-refractivity contribution >= 4 is 22.8 Å². The molecular formula is C27H33N5O2. The molecule has 3 amide bonds. The van der Waals surface area contributed by atoms with Crippen LogP contribution in [0.25, 0.3) is 10.9 Å². The quantitative estimate of drug-likeness (QED) is 0.556. The average Bonchev–Trinajstić information content (AvgIpc) is 3.25. The van der Waals surface area contributed by atoms with Crippen LogP contribution in [0.4, 0.5) is 4.79 Å². The van der Waals surface area contributed by atoms with Crippen molar-refractivity contribution in [2.24, 2.45) is 0 Å². The van der Waals surface area contributed by atoms with E-state index in [9.17, 15) is 9.59 Å². The molecule has 178 valence electrons. The van der Waals surface area contributed by atoms with Crippen molar-refractivity contribution in [1.29, 1.82) is 0 Å². The minimum atomic E-state index is -0.0497. The molecule has 0 saturated carbocycles. The second-order valence-electron chi connectivity index (χ2n) is 9.28. The number of rotatable bonds is 6. The summed E-state index contributed by atoms with van der Waals surface area (Å²) in [6, 6.07) is 18.7. The van der Waals surface area contributed by atoms with Crippen molar-refractivity contribution in [3.8, 4) is 0 Å². The number of hydrogen-bond acceptors (Lipinski definition) is 3. The van der Waals surface area contributed by atoms with Gasteiger partial charge in [-0.2, -0.15) is 0 Å². The van der Waals surface area contributed by atoms with Gasteiger partial charge in [0.1, 0.15) is 0 Å². The van der Waals surface area contributed by atoms with Gasteiger partial charge in [-0.3, -0.25) is 9.69 Å². The molecule has 0 aliphatic carbocycles. The summed E-state index contributed by atoms with van der Waals surface area (Å²) < 4.78 is 0. The summed E-state index contributed by atoms with van der Waals surface area (Å²) in [5, 5.41) is 4.26. The van der Waals surface area contributed by atoms with Crippen molar-refractivity contribution in [3.63, 3.8) is 0 Å². The Morgan fingerprint density at radius 2 is 1.65 bits per heavy atom. The van der Waals surface area contributed by atoms with E-state index in [0.717, 1.165) is 50.4 Å². The van der Waals surface area contributed by atoms with Crippen molar-refractivity contribution < 1.29 is 9.59 Å². The van der Waals surface area contributed by atoms with Gasteiger partial charge in [-0.15, -0.1) is 0 Å². The SMILES string of the molecule is O=C(CCCNC(=O)N1CCc2c([nH]c3ccccc23)C1)N1CCN(Cc2ccccc2)CC1. The predicted molar refractivity (Wildman–Crippen MR) is 133 cm³/mol. The lowest BCUT2D eigenvalue weighted by molar-refractivity contribution is -0.133. The van der Waals surface area contributed by atoms with Gasteiger partial charge in [0.2, 0.25) is 5.91 Å². The number of urea groups is 1. The first kappa shape index (κ1) is 22.5. The fourth-order valence-electron chi connectivity index (χ4n) is 5.07. The summed E-state index contributed by atoms with van der Waals surface area (Å²) in [7, 11) is 0. The monoisotopic (exact) mass is 459 g/mol. The maximum atomic E-state index is 12.7. The molecule has 34 heavy (non-hydrogen) atoms. The summed E-state index contributed by atoms with van der Waals surface area (Å²) in [6.45, 7) is 6.14. The highest BCUT2D eigenvalue weighted by molar-refractivity contribution is 5.85. The van der Waals surface area contributed by atoms with E-state index in [-0.39, 0.29) is 11.9 Å². The third-order valence-corrected chi connectivity index (χ3v) is 6.99. The number of carbonyl (C=O) groups is 2. The maximum absolute atomic E-state index is 12.7. The lowest BCUT2D eigenvalue weighted by Crippen LogP contribution is -2.48. The third-order valence-electron chi connectivity index (χ3n) is 6.99. The number of fused-ring (bicyclic) bond motifs is 3. The number of aromatic amines is 1. The van der Waals surface area contributed by atoms with Gasteiger partial charge in [0.25, 0.3) is 0 Å². The van der Waals surface area contributed by atoms with Crippen LogP contribution in [-0.2, 0) is 24.3 Å². The van der Waals surface area contributed by atoms with Gasteiger partial charge < -0.3 is 20.1 Å². The van der Waals surface area contributed by atoms with Crippen molar-refractivity contribution in [2.45, 2.75) is 32.4 Å². The molecule has 0 spiro atoms. The van der Waals surface area contributed by atoms with Crippen molar-refractivity contribution in [1.82, 2.24) is 25.0 Å². The maximum Gasteiger partial charge on any atom is 0.317 e.